The zero-order valence-electron chi connectivity index (χ0n) is 15.3. The SMILES string of the molecule is NS(=O)(=O)c1ccc(CNC(=O)c2ccc(CSc3ccc(Cl)cc3)cc2)cc1. The van der Waals surface area contributed by atoms with Crippen LogP contribution < -0.4 is 10.5 Å². The third-order valence-corrected chi connectivity index (χ3v) is 6.40. The van der Waals surface area contributed by atoms with E-state index < -0.39 is 10.0 Å². The Kier molecular flexibility index (Phi) is 6.97. The van der Waals surface area contributed by atoms with Gasteiger partial charge in [0, 0.05) is 27.8 Å². The number of halogens is 1. The molecule has 0 saturated heterocycles. The third kappa shape index (κ3) is 6.33. The lowest BCUT2D eigenvalue weighted by Crippen LogP contribution is -2.22. The predicted octanol–water partition coefficient (Wildman–Crippen LogP) is 4.21. The van der Waals surface area contributed by atoms with Crippen LogP contribution in [-0.4, -0.2) is 14.3 Å². The van der Waals surface area contributed by atoms with Gasteiger partial charge in [-0.05, 0) is 59.7 Å². The molecule has 1 amide bonds. The fourth-order valence-electron chi connectivity index (χ4n) is 2.53. The van der Waals surface area contributed by atoms with Gasteiger partial charge in [0.1, 0.15) is 0 Å². The molecule has 3 aromatic rings. The van der Waals surface area contributed by atoms with E-state index in [1.54, 1.807) is 36.0 Å². The number of rotatable bonds is 7. The maximum absolute atomic E-state index is 12.3. The van der Waals surface area contributed by atoms with Crippen LogP contribution >= 0.6 is 23.4 Å². The van der Waals surface area contributed by atoms with Crippen LogP contribution in [0.4, 0.5) is 0 Å². The Morgan fingerprint density at radius 2 is 1.48 bits per heavy atom. The standard InChI is InChI=1S/C21H19ClN2O3S2/c22-18-7-9-19(10-8-18)28-14-16-1-5-17(6-2-16)21(25)24-13-15-3-11-20(12-4-15)29(23,26)27/h1-12H,13-14H2,(H,24,25)(H2,23,26,27). The third-order valence-electron chi connectivity index (χ3n) is 4.14. The number of carbonyl (C=O) groups is 1. The number of carbonyl (C=O) groups excluding carboxylic acids is 1. The van der Waals surface area contributed by atoms with E-state index >= 15 is 0 Å². The van der Waals surface area contributed by atoms with Gasteiger partial charge in [-0.3, -0.25) is 4.79 Å². The van der Waals surface area contributed by atoms with E-state index in [4.69, 9.17) is 16.7 Å². The fraction of sp³-hybridized carbons (Fsp3) is 0.0952. The smallest absolute Gasteiger partial charge is 0.251 e. The molecule has 0 heterocycles. The van der Waals surface area contributed by atoms with Crippen LogP contribution in [0.5, 0.6) is 0 Å². The summed E-state index contributed by atoms with van der Waals surface area (Å²) in [5.74, 6) is 0.595. The number of hydrogen-bond acceptors (Lipinski definition) is 4. The van der Waals surface area contributed by atoms with Crippen molar-refractivity contribution < 1.29 is 13.2 Å². The normalized spacial score (nSPS) is 11.2. The Balaban J connectivity index is 1.52. The lowest BCUT2D eigenvalue weighted by Gasteiger charge is -2.07. The second-order valence-corrected chi connectivity index (χ2v) is 9.36. The Labute approximate surface area is 179 Å². The minimum atomic E-state index is -3.72. The van der Waals surface area contributed by atoms with Crippen molar-refractivity contribution in [2.45, 2.75) is 22.1 Å². The molecule has 0 fully saturated rings. The summed E-state index contributed by atoms with van der Waals surface area (Å²) < 4.78 is 22.5. The van der Waals surface area contributed by atoms with Crippen molar-refractivity contribution in [2.24, 2.45) is 5.14 Å². The number of nitrogens with one attached hydrogen (secondary N) is 1. The number of sulfonamides is 1. The summed E-state index contributed by atoms with van der Waals surface area (Å²) in [5, 5.41) is 8.61. The van der Waals surface area contributed by atoms with E-state index in [-0.39, 0.29) is 17.3 Å². The van der Waals surface area contributed by atoms with Gasteiger partial charge in [0.05, 0.1) is 4.90 Å². The first-order chi connectivity index (χ1) is 13.8. The van der Waals surface area contributed by atoms with Crippen molar-refractivity contribution in [2.75, 3.05) is 0 Å². The van der Waals surface area contributed by atoms with Crippen LogP contribution in [0, 0.1) is 0 Å². The highest BCUT2D eigenvalue weighted by Gasteiger charge is 2.08. The first-order valence-electron chi connectivity index (χ1n) is 8.68. The molecule has 150 valence electrons. The number of amides is 1. The largest absolute Gasteiger partial charge is 0.348 e. The zero-order valence-corrected chi connectivity index (χ0v) is 17.7. The monoisotopic (exact) mass is 446 g/mol. The minimum absolute atomic E-state index is 0.0413. The van der Waals surface area contributed by atoms with E-state index in [0.717, 1.165) is 21.8 Å². The quantitative estimate of drug-likeness (QED) is 0.532. The maximum Gasteiger partial charge on any atom is 0.251 e. The van der Waals surface area contributed by atoms with Crippen LogP contribution in [0.3, 0.4) is 0 Å². The molecule has 0 unspecified atom stereocenters. The highest BCUT2D eigenvalue weighted by atomic mass is 35.5. The van der Waals surface area contributed by atoms with Gasteiger partial charge in [-0.2, -0.15) is 0 Å². The molecule has 0 aliphatic carbocycles. The van der Waals surface area contributed by atoms with Gasteiger partial charge in [-0.15, -0.1) is 11.8 Å². The van der Waals surface area contributed by atoms with Crippen LogP contribution in [0.1, 0.15) is 21.5 Å². The predicted molar refractivity (Wildman–Crippen MR) is 116 cm³/mol. The molecular formula is C21H19ClN2O3S2. The first-order valence-corrected chi connectivity index (χ1v) is 11.6. The van der Waals surface area contributed by atoms with Gasteiger partial charge < -0.3 is 5.32 Å². The molecular weight excluding hydrogens is 428 g/mol. The van der Waals surface area contributed by atoms with Gasteiger partial charge in [0.25, 0.3) is 5.91 Å². The number of primary sulfonamides is 1. The lowest BCUT2D eigenvalue weighted by atomic mass is 10.1. The van der Waals surface area contributed by atoms with Gasteiger partial charge in [-0.1, -0.05) is 35.9 Å². The van der Waals surface area contributed by atoms with Crippen LogP contribution in [0.25, 0.3) is 0 Å². The second-order valence-electron chi connectivity index (χ2n) is 6.31. The maximum atomic E-state index is 12.3. The molecule has 5 nitrogen and oxygen atoms in total. The molecule has 0 bridgehead atoms. The number of nitrogens with two attached hydrogens (primary N) is 1. The summed E-state index contributed by atoms with van der Waals surface area (Å²) in [6.07, 6.45) is 0. The summed E-state index contributed by atoms with van der Waals surface area (Å²) in [4.78, 5) is 13.5. The molecule has 0 atom stereocenters. The van der Waals surface area contributed by atoms with Gasteiger partial charge in [-0.25, -0.2) is 13.6 Å². The van der Waals surface area contributed by atoms with E-state index in [1.165, 1.54) is 12.1 Å². The Hall–Kier alpha value is -2.32. The molecule has 0 radical (unpaired) electrons. The van der Waals surface area contributed by atoms with Crippen molar-refractivity contribution in [3.05, 3.63) is 94.5 Å². The Bertz CT molecular complexity index is 1080. The minimum Gasteiger partial charge on any atom is -0.348 e. The molecule has 3 N–H and O–H groups in total. The Morgan fingerprint density at radius 3 is 2.07 bits per heavy atom. The molecule has 8 heteroatoms. The van der Waals surface area contributed by atoms with E-state index in [2.05, 4.69) is 5.32 Å². The van der Waals surface area contributed by atoms with Crippen LogP contribution in [0.15, 0.2) is 82.6 Å². The molecule has 29 heavy (non-hydrogen) atoms. The van der Waals surface area contributed by atoms with E-state index in [1.807, 2.05) is 36.4 Å². The van der Waals surface area contributed by atoms with Gasteiger partial charge in [0.15, 0.2) is 0 Å². The molecule has 0 aliphatic heterocycles. The zero-order chi connectivity index (χ0) is 20.9. The summed E-state index contributed by atoms with van der Waals surface area (Å²) in [5.41, 5.74) is 2.45. The summed E-state index contributed by atoms with van der Waals surface area (Å²) >= 11 is 7.59. The topological polar surface area (TPSA) is 89.3 Å². The molecule has 3 aromatic carbocycles. The van der Waals surface area contributed by atoms with Crippen molar-refractivity contribution in [3.8, 4) is 0 Å². The summed E-state index contributed by atoms with van der Waals surface area (Å²) in [6, 6.07) is 21.2. The lowest BCUT2D eigenvalue weighted by molar-refractivity contribution is 0.0951. The van der Waals surface area contributed by atoms with Gasteiger partial charge >= 0.3 is 0 Å². The Morgan fingerprint density at radius 1 is 0.897 bits per heavy atom. The van der Waals surface area contributed by atoms with Crippen molar-refractivity contribution in [1.29, 1.82) is 0 Å². The van der Waals surface area contributed by atoms with E-state index in [0.29, 0.717) is 10.6 Å². The highest BCUT2D eigenvalue weighted by molar-refractivity contribution is 7.98. The van der Waals surface area contributed by atoms with Crippen molar-refractivity contribution in [1.82, 2.24) is 5.32 Å². The second kappa shape index (κ2) is 9.45. The van der Waals surface area contributed by atoms with Crippen LogP contribution in [0.2, 0.25) is 5.02 Å². The molecule has 0 aromatic heterocycles. The first kappa shape index (κ1) is 21.4. The van der Waals surface area contributed by atoms with E-state index in [9.17, 15) is 13.2 Å². The van der Waals surface area contributed by atoms with Crippen molar-refractivity contribution >= 4 is 39.3 Å². The number of thioether (sulfide) groups is 1. The fourth-order valence-corrected chi connectivity index (χ4v) is 4.03. The van der Waals surface area contributed by atoms with Crippen LogP contribution in [-0.2, 0) is 22.3 Å². The average Bonchev–Trinajstić information content (AvgIpc) is 2.71. The average molecular weight is 447 g/mol. The molecule has 0 aliphatic rings. The summed E-state index contributed by atoms with van der Waals surface area (Å²) in [6.45, 7) is 0.290. The molecule has 0 saturated carbocycles. The van der Waals surface area contributed by atoms with Crippen molar-refractivity contribution in [3.63, 3.8) is 0 Å². The summed E-state index contributed by atoms with van der Waals surface area (Å²) in [7, 11) is -3.72. The highest BCUT2D eigenvalue weighted by Crippen LogP contribution is 2.24. The van der Waals surface area contributed by atoms with Gasteiger partial charge in [0.2, 0.25) is 10.0 Å². The molecule has 3 rings (SSSR count). The molecule has 0 spiro atoms. The number of benzene rings is 3. The number of hydrogen-bond donors (Lipinski definition) is 2.